The van der Waals surface area contributed by atoms with Crippen molar-refractivity contribution in [3.8, 4) is 0 Å². The molecule has 2 heterocycles. The number of nitrogens with one attached hydrogen (secondary N) is 1. The van der Waals surface area contributed by atoms with E-state index in [1.54, 1.807) is 30.6 Å². The van der Waals surface area contributed by atoms with Gasteiger partial charge in [-0.05, 0) is 48.9 Å². The molecular formula is C23H26FN3O3. The molecule has 1 aliphatic heterocycles. The first-order valence-electron chi connectivity index (χ1n) is 10.4. The molecule has 30 heavy (non-hydrogen) atoms. The Hall–Kier alpha value is -2.80. The maximum atomic E-state index is 14.4. The number of carbonyl (C=O) groups excluding carboxylic acids is 2. The molecule has 2 aromatic rings. The van der Waals surface area contributed by atoms with Gasteiger partial charge in [0.2, 0.25) is 5.91 Å². The van der Waals surface area contributed by atoms with Crippen LogP contribution in [0, 0.1) is 11.7 Å². The molecule has 0 bridgehead atoms. The number of halogens is 1. The summed E-state index contributed by atoms with van der Waals surface area (Å²) in [6, 6.07) is 8.75. The number of nitrogens with zero attached hydrogens (tertiary/aromatic N) is 2. The van der Waals surface area contributed by atoms with E-state index < -0.39 is 23.5 Å². The minimum Gasteiger partial charge on any atom is -0.353 e. The van der Waals surface area contributed by atoms with E-state index in [2.05, 4.69) is 17.2 Å². The molecule has 1 spiro atoms. The van der Waals surface area contributed by atoms with E-state index in [0.717, 1.165) is 18.4 Å². The van der Waals surface area contributed by atoms with Gasteiger partial charge in [0.1, 0.15) is 17.6 Å². The zero-order valence-electron chi connectivity index (χ0n) is 17.0. The van der Waals surface area contributed by atoms with Gasteiger partial charge in [0.25, 0.3) is 5.91 Å². The van der Waals surface area contributed by atoms with Crippen molar-refractivity contribution in [1.82, 2.24) is 15.2 Å². The molecule has 2 amide bonds. The van der Waals surface area contributed by atoms with Crippen molar-refractivity contribution < 1.29 is 18.7 Å². The molecule has 6 nitrogen and oxygen atoms in total. The Kier molecular flexibility index (Phi) is 5.81. The van der Waals surface area contributed by atoms with Gasteiger partial charge in [-0.2, -0.15) is 0 Å². The smallest absolute Gasteiger partial charge is 0.259 e. The fourth-order valence-corrected chi connectivity index (χ4v) is 4.58. The molecule has 4 rings (SSSR count). The van der Waals surface area contributed by atoms with Gasteiger partial charge in [0.15, 0.2) is 0 Å². The summed E-state index contributed by atoms with van der Waals surface area (Å²) < 4.78 is 20.6. The predicted molar refractivity (Wildman–Crippen MR) is 109 cm³/mol. The summed E-state index contributed by atoms with van der Waals surface area (Å²) in [6.45, 7) is 2.52. The van der Waals surface area contributed by atoms with E-state index in [4.69, 9.17) is 4.74 Å². The van der Waals surface area contributed by atoms with Gasteiger partial charge in [0.05, 0.1) is 12.2 Å². The maximum Gasteiger partial charge on any atom is 0.259 e. The largest absolute Gasteiger partial charge is 0.353 e. The van der Waals surface area contributed by atoms with Crippen molar-refractivity contribution in [3.05, 3.63) is 65.7 Å². The zero-order valence-corrected chi connectivity index (χ0v) is 17.0. The summed E-state index contributed by atoms with van der Waals surface area (Å²) in [6.07, 6.45) is 6.57. The number of benzene rings is 1. The maximum absolute atomic E-state index is 14.4. The SMILES string of the molecule is CC1CCCC2(C1)OCC(C(=O)NCc1cccnc1)N2C(=O)c1ccccc1F. The van der Waals surface area contributed by atoms with E-state index in [-0.39, 0.29) is 18.1 Å². The van der Waals surface area contributed by atoms with Crippen molar-refractivity contribution in [3.63, 3.8) is 0 Å². The summed E-state index contributed by atoms with van der Waals surface area (Å²) in [5.74, 6) is -1.05. The molecule has 1 aliphatic carbocycles. The van der Waals surface area contributed by atoms with Crippen LogP contribution in [0.15, 0.2) is 48.8 Å². The third-order valence-corrected chi connectivity index (χ3v) is 6.01. The first-order valence-corrected chi connectivity index (χ1v) is 10.4. The summed E-state index contributed by atoms with van der Waals surface area (Å²) in [5.41, 5.74) is -0.0451. The van der Waals surface area contributed by atoms with Gasteiger partial charge >= 0.3 is 0 Å². The van der Waals surface area contributed by atoms with Crippen LogP contribution in [0.1, 0.15) is 48.5 Å². The lowest BCUT2D eigenvalue weighted by atomic mass is 9.83. The zero-order chi connectivity index (χ0) is 21.1. The van der Waals surface area contributed by atoms with E-state index >= 15 is 0 Å². The highest BCUT2D eigenvalue weighted by Crippen LogP contribution is 2.43. The van der Waals surface area contributed by atoms with Crippen LogP contribution in [0.5, 0.6) is 0 Å². The van der Waals surface area contributed by atoms with Gasteiger partial charge in [-0.3, -0.25) is 19.5 Å². The highest BCUT2D eigenvalue weighted by atomic mass is 19.1. The Morgan fingerprint density at radius 2 is 2.13 bits per heavy atom. The number of amides is 2. The second-order valence-corrected chi connectivity index (χ2v) is 8.21. The molecule has 1 saturated carbocycles. The van der Waals surface area contributed by atoms with Crippen LogP contribution in [0.25, 0.3) is 0 Å². The fourth-order valence-electron chi connectivity index (χ4n) is 4.58. The fraction of sp³-hybridized carbons (Fsp3) is 0.435. The lowest BCUT2D eigenvalue weighted by Gasteiger charge is -2.43. The first kappa shape index (κ1) is 20.5. The second-order valence-electron chi connectivity index (χ2n) is 8.21. The Labute approximate surface area is 175 Å². The Morgan fingerprint density at radius 1 is 1.30 bits per heavy atom. The van der Waals surface area contributed by atoms with E-state index in [0.29, 0.717) is 25.3 Å². The summed E-state index contributed by atoms with van der Waals surface area (Å²) in [5, 5.41) is 2.88. The molecule has 3 atom stereocenters. The van der Waals surface area contributed by atoms with Crippen molar-refractivity contribution in [2.24, 2.45) is 5.92 Å². The molecule has 0 radical (unpaired) electrons. The number of carbonyl (C=O) groups is 2. The van der Waals surface area contributed by atoms with E-state index in [1.165, 1.54) is 17.0 Å². The summed E-state index contributed by atoms with van der Waals surface area (Å²) >= 11 is 0. The average molecular weight is 411 g/mol. The van der Waals surface area contributed by atoms with Crippen LogP contribution < -0.4 is 5.32 Å². The molecule has 1 N–H and O–H groups in total. The number of rotatable bonds is 4. The standard InChI is InChI=1S/C23H26FN3O3/c1-16-6-4-10-23(12-16)27(22(29)18-8-2-3-9-19(18)24)20(15-30-23)21(28)26-14-17-7-5-11-25-13-17/h2-3,5,7-9,11,13,16,20H,4,6,10,12,14-15H2,1H3,(H,26,28). The lowest BCUT2D eigenvalue weighted by molar-refractivity contribution is -0.128. The highest BCUT2D eigenvalue weighted by molar-refractivity contribution is 5.98. The monoisotopic (exact) mass is 411 g/mol. The van der Waals surface area contributed by atoms with Crippen LogP contribution in [0.4, 0.5) is 4.39 Å². The number of aromatic nitrogens is 1. The van der Waals surface area contributed by atoms with Crippen LogP contribution in [0.3, 0.4) is 0 Å². The molecule has 1 aromatic heterocycles. The molecular weight excluding hydrogens is 385 g/mol. The first-order chi connectivity index (χ1) is 14.5. The van der Waals surface area contributed by atoms with Crippen molar-refractivity contribution in [1.29, 1.82) is 0 Å². The van der Waals surface area contributed by atoms with Gasteiger partial charge in [-0.25, -0.2) is 4.39 Å². The quantitative estimate of drug-likeness (QED) is 0.838. The summed E-state index contributed by atoms with van der Waals surface area (Å²) in [4.78, 5) is 32.1. The minimum absolute atomic E-state index is 0.0364. The van der Waals surface area contributed by atoms with Gasteiger partial charge in [-0.15, -0.1) is 0 Å². The highest BCUT2D eigenvalue weighted by Gasteiger charge is 2.54. The van der Waals surface area contributed by atoms with Gasteiger partial charge < -0.3 is 10.1 Å². The van der Waals surface area contributed by atoms with Crippen LogP contribution in [-0.2, 0) is 16.1 Å². The number of hydrogen-bond donors (Lipinski definition) is 1. The molecule has 158 valence electrons. The molecule has 7 heteroatoms. The Morgan fingerprint density at radius 3 is 2.87 bits per heavy atom. The normalized spacial score (nSPS) is 26.0. The van der Waals surface area contributed by atoms with Crippen LogP contribution >= 0.6 is 0 Å². The molecule has 1 saturated heterocycles. The van der Waals surface area contributed by atoms with Crippen LogP contribution in [0.2, 0.25) is 0 Å². The van der Waals surface area contributed by atoms with Crippen molar-refractivity contribution in [2.45, 2.75) is 50.9 Å². The third-order valence-electron chi connectivity index (χ3n) is 6.01. The van der Waals surface area contributed by atoms with Gasteiger partial charge in [-0.1, -0.05) is 31.5 Å². The molecule has 1 aromatic carbocycles. The average Bonchev–Trinajstić information content (AvgIpc) is 3.10. The topological polar surface area (TPSA) is 71.5 Å². The predicted octanol–water partition coefficient (Wildman–Crippen LogP) is 3.28. The number of hydrogen-bond acceptors (Lipinski definition) is 4. The third kappa shape index (κ3) is 3.94. The number of ether oxygens (including phenoxy) is 1. The summed E-state index contributed by atoms with van der Waals surface area (Å²) in [7, 11) is 0. The minimum atomic E-state index is -0.868. The Balaban J connectivity index is 1.61. The Bertz CT molecular complexity index is 923. The second kappa shape index (κ2) is 8.52. The van der Waals surface area contributed by atoms with E-state index in [9.17, 15) is 14.0 Å². The van der Waals surface area contributed by atoms with Gasteiger partial charge in [0, 0.05) is 18.9 Å². The lowest BCUT2D eigenvalue weighted by Crippen LogP contribution is -2.57. The number of pyridine rings is 1. The van der Waals surface area contributed by atoms with Crippen molar-refractivity contribution >= 4 is 11.8 Å². The molecule has 2 fully saturated rings. The molecule has 3 unspecified atom stereocenters. The van der Waals surface area contributed by atoms with Crippen LogP contribution in [-0.4, -0.2) is 40.1 Å². The molecule has 2 aliphatic rings. The van der Waals surface area contributed by atoms with Crippen molar-refractivity contribution in [2.75, 3.05) is 6.61 Å². The van der Waals surface area contributed by atoms with E-state index in [1.807, 2.05) is 6.07 Å².